The maximum Gasteiger partial charge on any atom is 0.162 e. The van der Waals surface area contributed by atoms with Crippen molar-refractivity contribution in [3.63, 3.8) is 0 Å². The highest BCUT2D eigenvalue weighted by Gasteiger charge is 2.11. The fourth-order valence-corrected chi connectivity index (χ4v) is 2.94. The molecule has 0 atom stereocenters. The number of hydrogen-bond acceptors (Lipinski definition) is 5. The second-order valence-electron chi connectivity index (χ2n) is 4.47. The Bertz CT molecular complexity index is 609. The summed E-state index contributed by atoms with van der Waals surface area (Å²) in [6.45, 7) is 4.03. The number of benzene rings is 1. The fraction of sp³-hybridized carbons (Fsp3) is 0.267. The van der Waals surface area contributed by atoms with E-state index in [0.717, 1.165) is 15.6 Å². The normalized spacial score (nSPS) is 10.4. The van der Waals surface area contributed by atoms with Gasteiger partial charge in [-0.1, -0.05) is 11.8 Å². The molecule has 1 heterocycles. The first kappa shape index (κ1) is 14.5. The number of pyridine rings is 1. The van der Waals surface area contributed by atoms with Gasteiger partial charge in [0.25, 0.3) is 0 Å². The zero-order valence-electron chi connectivity index (χ0n) is 12.1. The maximum absolute atomic E-state index is 6.06. The molecule has 5 heteroatoms. The third kappa shape index (κ3) is 3.17. The van der Waals surface area contributed by atoms with Gasteiger partial charge in [0.2, 0.25) is 0 Å². The van der Waals surface area contributed by atoms with Crippen LogP contribution in [0.5, 0.6) is 11.5 Å². The molecule has 1 aromatic heterocycles. The molecule has 2 aromatic rings. The SMILES string of the molecule is COc1cc(N)c(Sc2cc(C)cc(C)n2)cc1OC. The van der Waals surface area contributed by atoms with Crippen LogP contribution in [0, 0.1) is 13.8 Å². The first-order valence-electron chi connectivity index (χ1n) is 6.18. The molecule has 0 spiro atoms. The Balaban J connectivity index is 2.37. The minimum absolute atomic E-state index is 0.628. The molecule has 4 nitrogen and oxygen atoms in total. The first-order valence-corrected chi connectivity index (χ1v) is 6.99. The molecule has 0 unspecified atom stereocenters. The lowest BCUT2D eigenvalue weighted by Crippen LogP contribution is -1.96. The Morgan fingerprint density at radius 3 is 2.25 bits per heavy atom. The summed E-state index contributed by atoms with van der Waals surface area (Å²) in [4.78, 5) is 5.41. The number of nitrogens with two attached hydrogens (primary N) is 1. The Labute approximate surface area is 123 Å². The van der Waals surface area contributed by atoms with Crippen molar-refractivity contribution >= 4 is 17.4 Å². The number of aryl methyl sites for hydroxylation is 2. The lowest BCUT2D eigenvalue weighted by atomic mass is 10.2. The van der Waals surface area contributed by atoms with E-state index in [1.54, 1.807) is 20.3 Å². The predicted octanol–water partition coefficient (Wildman–Crippen LogP) is 3.45. The second-order valence-corrected chi connectivity index (χ2v) is 5.53. The maximum atomic E-state index is 6.06. The van der Waals surface area contributed by atoms with Crippen LogP contribution in [0.1, 0.15) is 11.3 Å². The summed E-state index contributed by atoms with van der Waals surface area (Å²) in [5.74, 6) is 1.29. The molecule has 2 N–H and O–H groups in total. The van der Waals surface area contributed by atoms with E-state index in [2.05, 4.69) is 11.9 Å². The van der Waals surface area contributed by atoms with Crippen LogP contribution < -0.4 is 15.2 Å². The number of rotatable bonds is 4. The highest BCUT2D eigenvalue weighted by atomic mass is 32.2. The first-order chi connectivity index (χ1) is 9.53. The zero-order valence-corrected chi connectivity index (χ0v) is 12.9. The van der Waals surface area contributed by atoms with Gasteiger partial charge in [-0.3, -0.25) is 0 Å². The van der Waals surface area contributed by atoms with Crippen molar-refractivity contribution in [1.29, 1.82) is 0 Å². The molecule has 0 fully saturated rings. The number of nitrogens with zero attached hydrogens (tertiary/aromatic N) is 1. The van der Waals surface area contributed by atoms with Gasteiger partial charge in [-0.2, -0.15) is 0 Å². The van der Waals surface area contributed by atoms with Crippen LogP contribution >= 0.6 is 11.8 Å². The van der Waals surface area contributed by atoms with Crippen LogP contribution in [-0.4, -0.2) is 19.2 Å². The van der Waals surface area contributed by atoms with Crippen LogP contribution in [-0.2, 0) is 0 Å². The summed E-state index contributed by atoms with van der Waals surface area (Å²) in [6, 6.07) is 7.72. The molecule has 20 heavy (non-hydrogen) atoms. The zero-order chi connectivity index (χ0) is 14.7. The van der Waals surface area contributed by atoms with E-state index in [0.29, 0.717) is 17.2 Å². The molecule has 0 saturated heterocycles. The van der Waals surface area contributed by atoms with Crippen molar-refractivity contribution in [2.75, 3.05) is 20.0 Å². The van der Waals surface area contributed by atoms with Crippen molar-refractivity contribution in [3.05, 3.63) is 35.5 Å². The van der Waals surface area contributed by atoms with Crippen molar-refractivity contribution in [1.82, 2.24) is 4.98 Å². The van der Waals surface area contributed by atoms with Gasteiger partial charge in [0.1, 0.15) is 5.03 Å². The average Bonchev–Trinajstić information content (AvgIpc) is 2.39. The third-order valence-electron chi connectivity index (χ3n) is 2.80. The van der Waals surface area contributed by atoms with Gasteiger partial charge < -0.3 is 15.2 Å². The Hall–Kier alpha value is -1.88. The molecule has 0 aliphatic heterocycles. The molecule has 2 rings (SSSR count). The molecule has 0 aliphatic rings. The van der Waals surface area contributed by atoms with Crippen LogP contribution in [0.3, 0.4) is 0 Å². The molecule has 0 radical (unpaired) electrons. The summed E-state index contributed by atoms with van der Waals surface area (Å²) in [5.41, 5.74) is 8.88. The van der Waals surface area contributed by atoms with Crippen LogP contribution in [0.4, 0.5) is 5.69 Å². The van der Waals surface area contributed by atoms with Crippen LogP contribution in [0.15, 0.2) is 34.2 Å². The van der Waals surface area contributed by atoms with Gasteiger partial charge in [0.05, 0.1) is 14.2 Å². The van der Waals surface area contributed by atoms with E-state index < -0.39 is 0 Å². The topological polar surface area (TPSA) is 57.4 Å². The number of ether oxygens (including phenoxy) is 2. The van der Waals surface area contributed by atoms with Crippen LogP contribution in [0.25, 0.3) is 0 Å². The number of anilines is 1. The Morgan fingerprint density at radius 1 is 1.00 bits per heavy atom. The minimum atomic E-state index is 0.628. The fourth-order valence-electron chi connectivity index (χ4n) is 1.93. The van der Waals surface area contributed by atoms with Crippen molar-refractivity contribution < 1.29 is 9.47 Å². The predicted molar refractivity (Wildman–Crippen MR) is 81.8 cm³/mol. The molecular formula is C15H18N2O2S. The monoisotopic (exact) mass is 290 g/mol. The Kier molecular flexibility index (Phi) is 4.39. The highest BCUT2D eigenvalue weighted by molar-refractivity contribution is 7.99. The molecular weight excluding hydrogens is 272 g/mol. The number of aromatic nitrogens is 1. The Morgan fingerprint density at radius 2 is 1.65 bits per heavy atom. The summed E-state index contributed by atoms with van der Waals surface area (Å²) < 4.78 is 10.5. The lowest BCUT2D eigenvalue weighted by molar-refractivity contribution is 0.354. The number of methoxy groups -OCH3 is 2. The quantitative estimate of drug-likeness (QED) is 0.874. The minimum Gasteiger partial charge on any atom is -0.493 e. The smallest absolute Gasteiger partial charge is 0.162 e. The number of nitrogen functional groups attached to an aromatic ring is 1. The molecule has 0 aliphatic carbocycles. The van der Waals surface area contributed by atoms with E-state index in [9.17, 15) is 0 Å². The molecule has 0 saturated carbocycles. The highest BCUT2D eigenvalue weighted by Crippen LogP contribution is 2.39. The summed E-state index contributed by atoms with van der Waals surface area (Å²) in [7, 11) is 3.20. The summed E-state index contributed by atoms with van der Waals surface area (Å²) in [5, 5.41) is 0.918. The van der Waals surface area contributed by atoms with E-state index in [1.165, 1.54) is 17.3 Å². The van der Waals surface area contributed by atoms with Crippen LogP contribution in [0.2, 0.25) is 0 Å². The average molecular weight is 290 g/mol. The molecule has 106 valence electrons. The van der Waals surface area contributed by atoms with E-state index in [1.807, 2.05) is 25.1 Å². The van der Waals surface area contributed by atoms with E-state index in [4.69, 9.17) is 15.2 Å². The van der Waals surface area contributed by atoms with Gasteiger partial charge in [0.15, 0.2) is 11.5 Å². The molecule has 1 aromatic carbocycles. The standard InChI is InChI=1S/C15H18N2O2S/c1-9-5-10(2)17-15(6-9)20-14-8-13(19-4)12(18-3)7-11(14)16/h5-8H,16H2,1-4H3. The lowest BCUT2D eigenvalue weighted by Gasteiger charge is -2.12. The second kappa shape index (κ2) is 6.05. The van der Waals surface area contributed by atoms with Gasteiger partial charge in [-0.05, 0) is 31.5 Å². The summed E-state index contributed by atoms with van der Waals surface area (Å²) >= 11 is 1.52. The summed E-state index contributed by atoms with van der Waals surface area (Å²) in [6.07, 6.45) is 0. The van der Waals surface area contributed by atoms with E-state index >= 15 is 0 Å². The van der Waals surface area contributed by atoms with Gasteiger partial charge in [0, 0.05) is 28.4 Å². The van der Waals surface area contributed by atoms with Crippen molar-refractivity contribution in [2.24, 2.45) is 0 Å². The van der Waals surface area contributed by atoms with Crippen molar-refractivity contribution in [2.45, 2.75) is 23.8 Å². The largest absolute Gasteiger partial charge is 0.493 e. The molecule has 0 bridgehead atoms. The number of hydrogen-bond donors (Lipinski definition) is 1. The third-order valence-corrected chi connectivity index (χ3v) is 3.80. The van der Waals surface area contributed by atoms with Gasteiger partial charge >= 0.3 is 0 Å². The van der Waals surface area contributed by atoms with Crippen molar-refractivity contribution in [3.8, 4) is 11.5 Å². The molecule has 0 amide bonds. The van der Waals surface area contributed by atoms with Gasteiger partial charge in [-0.25, -0.2) is 4.98 Å². The van der Waals surface area contributed by atoms with Gasteiger partial charge in [-0.15, -0.1) is 0 Å². The van der Waals surface area contributed by atoms with E-state index in [-0.39, 0.29) is 0 Å².